The third kappa shape index (κ3) is 2.30. The Kier molecular flexibility index (Phi) is 2.72. The minimum Gasteiger partial charge on any atom is -0.337 e. The average molecular weight is 252 g/mol. The molecule has 1 amide bonds. The predicted octanol–water partition coefficient (Wildman–Crippen LogP) is 2.58. The van der Waals surface area contributed by atoms with Crippen LogP contribution in [0.25, 0.3) is 22.6 Å². The van der Waals surface area contributed by atoms with E-state index in [0.29, 0.717) is 5.65 Å². The summed E-state index contributed by atoms with van der Waals surface area (Å²) in [6, 6.07) is 11.3. The highest BCUT2D eigenvalue weighted by Gasteiger charge is 2.06. The van der Waals surface area contributed by atoms with Crippen molar-refractivity contribution in [3.8, 4) is 11.4 Å². The van der Waals surface area contributed by atoms with Crippen molar-refractivity contribution in [3.63, 3.8) is 0 Å². The molecule has 2 N–H and O–H groups in total. The fourth-order valence-electron chi connectivity index (χ4n) is 1.93. The Bertz CT molecular complexity index is 715. The Hall–Kier alpha value is -2.69. The fraction of sp³-hybridized carbons (Fsp3) is 0.0714. The molecular weight excluding hydrogens is 240 g/mol. The van der Waals surface area contributed by atoms with E-state index in [-0.39, 0.29) is 5.91 Å². The average Bonchev–Trinajstić information content (AvgIpc) is 2.82. The first-order valence-electron chi connectivity index (χ1n) is 5.91. The van der Waals surface area contributed by atoms with Gasteiger partial charge in [-0.15, -0.1) is 0 Å². The summed E-state index contributed by atoms with van der Waals surface area (Å²) in [4.78, 5) is 22.9. The van der Waals surface area contributed by atoms with Gasteiger partial charge in [0.05, 0.1) is 5.52 Å². The predicted molar refractivity (Wildman–Crippen MR) is 73.6 cm³/mol. The van der Waals surface area contributed by atoms with Crippen molar-refractivity contribution in [1.82, 2.24) is 15.0 Å². The van der Waals surface area contributed by atoms with Crippen molar-refractivity contribution < 1.29 is 4.79 Å². The molecule has 0 aliphatic carbocycles. The second kappa shape index (κ2) is 4.53. The lowest BCUT2D eigenvalue weighted by Crippen LogP contribution is -2.05. The van der Waals surface area contributed by atoms with Crippen LogP contribution in [0, 0.1) is 0 Å². The van der Waals surface area contributed by atoms with E-state index >= 15 is 0 Å². The number of carbonyl (C=O) groups excluding carboxylic acids is 1. The molecule has 5 heteroatoms. The van der Waals surface area contributed by atoms with E-state index in [1.807, 2.05) is 36.4 Å². The van der Waals surface area contributed by atoms with Crippen molar-refractivity contribution in [2.45, 2.75) is 6.92 Å². The molecule has 0 radical (unpaired) electrons. The topological polar surface area (TPSA) is 70.7 Å². The number of carbonyl (C=O) groups is 1. The highest BCUT2D eigenvalue weighted by molar-refractivity contribution is 5.89. The summed E-state index contributed by atoms with van der Waals surface area (Å²) < 4.78 is 0. The minimum absolute atomic E-state index is 0.0941. The number of aromatic nitrogens is 3. The van der Waals surface area contributed by atoms with Gasteiger partial charge in [-0.1, -0.05) is 12.1 Å². The maximum absolute atomic E-state index is 11.1. The van der Waals surface area contributed by atoms with E-state index < -0.39 is 0 Å². The number of imidazole rings is 1. The molecule has 0 fully saturated rings. The Morgan fingerprint density at radius 1 is 1.26 bits per heavy atom. The lowest BCUT2D eigenvalue weighted by Gasteiger charge is -2.03. The molecule has 3 rings (SSSR count). The van der Waals surface area contributed by atoms with Crippen molar-refractivity contribution >= 4 is 22.8 Å². The van der Waals surface area contributed by atoms with Gasteiger partial charge in [0.2, 0.25) is 5.91 Å². The Balaban J connectivity index is 2.03. The van der Waals surface area contributed by atoms with E-state index in [4.69, 9.17) is 0 Å². The van der Waals surface area contributed by atoms with E-state index in [1.54, 1.807) is 6.20 Å². The second-order valence-electron chi connectivity index (χ2n) is 4.22. The SMILES string of the molecule is CC(=O)Nc1cccc(-c2nc3ncccc3[nH]2)c1. The van der Waals surface area contributed by atoms with Gasteiger partial charge in [0, 0.05) is 24.4 Å². The van der Waals surface area contributed by atoms with Crippen LogP contribution in [0.3, 0.4) is 0 Å². The van der Waals surface area contributed by atoms with E-state index in [2.05, 4.69) is 20.3 Å². The van der Waals surface area contributed by atoms with Gasteiger partial charge in [0.15, 0.2) is 5.65 Å². The number of nitrogens with zero attached hydrogens (tertiary/aromatic N) is 2. The van der Waals surface area contributed by atoms with Gasteiger partial charge >= 0.3 is 0 Å². The third-order valence-electron chi connectivity index (χ3n) is 2.71. The lowest BCUT2D eigenvalue weighted by molar-refractivity contribution is -0.114. The third-order valence-corrected chi connectivity index (χ3v) is 2.71. The minimum atomic E-state index is -0.0941. The second-order valence-corrected chi connectivity index (χ2v) is 4.22. The molecule has 0 bridgehead atoms. The van der Waals surface area contributed by atoms with Crippen LogP contribution in [0.2, 0.25) is 0 Å². The molecule has 1 aromatic carbocycles. The fourth-order valence-corrected chi connectivity index (χ4v) is 1.93. The summed E-state index contributed by atoms with van der Waals surface area (Å²) in [7, 11) is 0. The normalized spacial score (nSPS) is 10.6. The van der Waals surface area contributed by atoms with Crippen molar-refractivity contribution in [2.24, 2.45) is 0 Å². The smallest absolute Gasteiger partial charge is 0.221 e. The summed E-state index contributed by atoms with van der Waals surface area (Å²) >= 11 is 0. The van der Waals surface area contributed by atoms with Gasteiger partial charge in [0.25, 0.3) is 0 Å². The molecule has 94 valence electrons. The number of nitrogens with one attached hydrogen (secondary N) is 2. The zero-order chi connectivity index (χ0) is 13.2. The van der Waals surface area contributed by atoms with E-state index in [1.165, 1.54) is 6.92 Å². The first-order valence-corrected chi connectivity index (χ1v) is 5.91. The summed E-state index contributed by atoms with van der Waals surface area (Å²) in [6.45, 7) is 1.48. The molecule has 0 aliphatic heterocycles. The van der Waals surface area contributed by atoms with Crippen LogP contribution in [0.15, 0.2) is 42.6 Å². The maximum Gasteiger partial charge on any atom is 0.221 e. The molecule has 0 unspecified atom stereocenters. The zero-order valence-electron chi connectivity index (χ0n) is 10.3. The molecule has 2 heterocycles. The summed E-state index contributed by atoms with van der Waals surface area (Å²) in [5.41, 5.74) is 3.23. The largest absolute Gasteiger partial charge is 0.337 e. The number of H-pyrrole nitrogens is 1. The van der Waals surface area contributed by atoms with Crippen molar-refractivity contribution in [2.75, 3.05) is 5.32 Å². The van der Waals surface area contributed by atoms with Crippen LogP contribution in [0.1, 0.15) is 6.92 Å². The number of fused-ring (bicyclic) bond motifs is 1. The monoisotopic (exact) mass is 252 g/mol. The van der Waals surface area contributed by atoms with Crippen LogP contribution < -0.4 is 5.32 Å². The molecular formula is C14H12N4O. The zero-order valence-corrected chi connectivity index (χ0v) is 10.3. The Labute approximate surface area is 109 Å². The van der Waals surface area contributed by atoms with Crippen LogP contribution in [-0.2, 0) is 4.79 Å². The van der Waals surface area contributed by atoms with E-state index in [9.17, 15) is 4.79 Å². The lowest BCUT2D eigenvalue weighted by atomic mass is 10.2. The van der Waals surface area contributed by atoms with Gasteiger partial charge < -0.3 is 10.3 Å². The molecule has 3 aromatic rings. The Morgan fingerprint density at radius 3 is 2.95 bits per heavy atom. The number of rotatable bonds is 2. The molecule has 0 aliphatic rings. The molecule has 19 heavy (non-hydrogen) atoms. The molecule has 0 spiro atoms. The Morgan fingerprint density at radius 2 is 2.16 bits per heavy atom. The molecule has 0 saturated heterocycles. The van der Waals surface area contributed by atoms with Crippen LogP contribution in [0.4, 0.5) is 5.69 Å². The van der Waals surface area contributed by atoms with E-state index in [0.717, 1.165) is 22.6 Å². The van der Waals surface area contributed by atoms with Gasteiger partial charge in [-0.3, -0.25) is 4.79 Å². The quantitative estimate of drug-likeness (QED) is 0.736. The first kappa shape index (κ1) is 11.4. The maximum atomic E-state index is 11.1. The van der Waals surface area contributed by atoms with Gasteiger partial charge in [-0.05, 0) is 24.3 Å². The summed E-state index contributed by atoms with van der Waals surface area (Å²) in [6.07, 6.45) is 1.71. The number of hydrogen-bond acceptors (Lipinski definition) is 3. The number of aromatic amines is 1. The van der Waals surface area contributed by atoms with Gasteiger partial charge in [0.1, 0.15) is 5.82 Å². The highest BCUT2D eigenvalue weighted by Crippen LogP contribution is 2.22. The van der Waals surface area contributed by atoms with Gasteiger partial charge in [-0.25, -0.2) is 9.97 Å². The molecule has 5 nitrogen and oxygen atoms in total. The standard InChI is InChI=1S/C14H12N4O/c1-9(19)16-11-5-2-4-10(8-11)13-17-12-6-3-7-15-14(12)18-13/h2-8H,1H3,(H,16,19)(H,15,17,18). The number of hydrogen-bond donors (Lipinski definition) is 2. The number of benzene rings is 1. The summed E-state index contributed by atoms with van der Waals surface area (Å²) in [5.74, 6) is 0.643. The molecule has 2 aromatic heterocycles. The van der Waals surface area contributed by atoms with Crippen molar-refractivity contribution in [1.29, 1.82) is 0 Å². The van der Waals surface area contributed by atoms with Crippen LogP contribution in [-0.4, -0.2) is 20.9 Å². The first-order chi connectivity index (χ1) is 9.22. The number of amides is 1. The van der Waals surface area contributed by atoms with Crippen LogP contribution in [0.5, 0.6) is 0 Å². The molecule has 0 atom stereocenters. The number of pyridine rings is 1. The van der Waals surface area contributed by atoms with Crippen LogP contribution >= 0.6 is 0 Å². The molecule has 0 saturated carbocycles. The highest BCUT2D eigenvalue weighted by atomic mass is 16.1. The van der Waals surface area contributed by atoms with Crippen molar-refractivity contribution in [3.05, 3.63) is 42.6 Å². The summed E-state index contributed by atoms with van der Waals surface area (Å²) in [5, 5.41) is 2.75. The van der Waals surface area contributed by atoms with Gasteiger partial charge in [-0.2, -0.15) is 0 Å². The number of anilines is 1.